The minimum Gasteiger partial charge on any atom is -0.378 e. The van der Waals surface area contributed by atoms with Gasteiger partial charge in [0.25, 0.3) is 0 Å². The number of hydrogen-bond acceptors (Lipinski definition) is 3. The summed E-state index contributed by atoms with van der Waals surface area (Å²) in [4.78, 5) is 24.9. The number of benzene rings is 1. The van der Waals surface area contributed by atoms with Crippen molar-refractivity contribution in [2.45, 2.75) is 45.6 Å². The molecule has 5 nitrogen and oxygen atoms in total. The van der Waals surface area contributed by atoms with Gasteiger partial charge in [0.05, 0.1) is 0 Å². The smallest absolute Gasteiger partial charge is 0.315 e. The van der Waals surface area contributed by atoms with E-state index >= 15 is 0 Å². The molecule has 2 amide bonds. The number of carbonyl (C=O) groups is 2. The Hall–Kier alpha value is -2.04. The van der Waals surface area contributed by atoms with Crippen LogP contribution in [0.1, 0.15) is 44.6 Å². The Morgan fingerprint density at radius 2 is 1.70 bits per heavy atom. The van der Waals surface area contributed by atoms with Crippen LogP contribution >= 0.6 is 0 Å². The fourth-order valence-electron chi connectivity index (χ4n) is 2.16. The van der Waals surface area contributed by atoms with Gasteiger partial charge in [-0.3, -0.25) is 4.79 Å². The first-order valence-electron chi connectivity index (χ1n) is 8.32. The van der Waals surface area contributed by atoms with Gasteiger partial charge in [-0.2, -0.15) is 0 Å². The molecule has 0 aliphatic carbocycles. The van der Waals surface area contributed by atoms with E-state index in [0.29, 0.717) is 31.7 Å². The summed E-state index contributed by atoms with van der Waals surface area (Å²) in [5.41, 5.74) is 2.21. The average molecular weight is 319 g/mol. The maximum Gasteiger partial charge on any atom is 0.315 e. The molecule has 0 aliphatic heterocycles. The molecule has 1 aromatic carbocycles. The molecule has 0 unspecified atom stereocenters. The zero-order valence-corrected chi connectivity index (χ0v) is 14.5. The third-order valence-electron chi connectivity index (χ3n) is 3.72. The lowest BCUT2D eigenvalue weighted by Crippen LogP contribution is -2.35. The van der Waals surface area contributed by atoms with Crippen LogP contribution in [0.2, 0.25) is 0 Å². The monoisotopic (exact) mass is 319 g/mol. The van der Waals surface area contributed by atoms with Crippen LogP contribution in [-0.4, -0.2) is 32.5 Å². The lowest BCUT2D eigenvalue weighted by Gasteiger charge is -2.13. The maximum absolute atomic E-state index is 11.7. The van der Waals surface area contributed by atoms with Crippen molar-refractivity contribution in [3.8, 4) is 0 Å². The van der Waals surface area contributed by atoms with Crippen LogP contribution in [0.15, 0.2) is 24.3 Å². The van der Waals surface area contributed by atoms with E-state index in [2.05, 4.69) is 10.6 Å². The van der Waals surface area contributed by atoms with Crippen LogP contribution < -0.4 is 15.5 Å². The molecule has 2 N–H and O–H groups in total. The molecule has 0 aliphatic rings. The highest BCUT2D eigenvalue weighted by Crippen LogP contribution is 2.11. The summed E-state index contributed by atoms with van der Waals surface area (Å²) in [6, 6.07) is 7.95. The van der Waals surface area contributed by atoms with E-state index in [1.54, 1.807) is 0 Å². The van der Waals surface area contributed by atoms with Crippen molar-refractivity contribution in [2.75, 3.05) is 25.5 Å². The zero-order valence-electron chi connectivity index (χ0n) is 14.5. The molecular formula is C18H29N3O2. The molecule has 128 valence electrons. The second-order valence-electron chi connectivity index (χ2n) is 5.87. The van der Waals surface area contributed by atoms with Crippen molar-refractivity contribution in [3.63, 3.8) is 0 Å². The summed E-state index contributed by atoms with van der Waals surface area (Å²) >= 11 is 0. The van der Waals surface area contributed by atoms with Gasteiger partial charge in [0, 0.05) is 45.7 Å². The fourth-order valence-corrected chi connectivity index (χ4v) is 2.16. The number of carbonyl (C=O) groups excluding carboxylic acids is 2. The Kier molecular flexibility index (Phi) is 8.80. The first-order valence-corrected chi connectivity index (χ1v) is 8.32. The molecule has 23 heavy (non-hydrogen) atoms. The number of hydrogen-bond donors (Lipinski definition) is 2. The van der Waals surface area contributed by atoms with E-state index in [-0.39, 0.29) is 6.03 Å². The lowest BCUT2D eigenvalue weighted by molar-refractivity contribution is -0.118. The summed E-state index contributed by atoms with van der Waals surface area (Å²) in [5, 5.41) is 5.69. The molecule has 0 atom stereocenters. The van der Waals surface area contributed by atoms with Crippen LogP contribution in [0, 0.1) is 0 Å². The van der Waals surface area contributed by atoms with Crippen LogP contribution in [0.4, 0.5) is 10.5 Å². The van der Waals surface area contributed by atoms with Crippen LogP contribution in [0.25, 0.3) is 0 Å². The van der Waals surface area contributed by atoms with Crippen molar-refractivity contribution in [1.29, 1.82) is 0 Å². The molecule has 0 fully saturated rings. The fraction of sp³-hybridized carbons (Fsp3) is 0.556. The van der Waals surface area contributed by atoms with Crippen LogP contribution in [0.5, 0.6) is 0 Å². The number of anilines is 1. The predicted molar refractivity (Wildman–Crippen MR) is 94.8 cm³/mol. The molecule has 0 saturated heterocycles. The summed E-state index contributed by atoms with van der Waals surface area (Å²) in [5.74, 6) is 0.316. The highest BCUT2D eigenvalue weighted by Gasteiger charge is 2.02. The number of Topliss-reactive ketones (excluding diaryl/α,β-unsaturated/α-hetero) is 1. The topological polar surface area (TPSA) is 61.4 Å². The molecule has 0 spiro atoms. The normalized spacial score (nSPS) is 10.2. The summed E-state index contributed by atoms with van der Waals surface area (Å²) in [6.45, 7) is 3.05. The van der Waals surface area contributed by atoms with Gasteiger partial charge in [-0.1, -0.05) is 25.5 Å². The highest BCUT2D eigenvalue weighted by atomic mass is 16.2. The van der Waals surface area contributed by atoms with Gasteiger partial charge in [0.15, 0.2) is 0 Å². The van der Waals surface area contributed by atoms with Crippen molar-refractivity contribution in [2.24, 2.45) is 0 Å². The molecule has 0 aromatic heterocycles. The maximum atomic E-state index is 11.7. The third kappa shape index (κ3) is 8.24. The second-order valence-corrected chi connectivity index (χ2v) is 5.87. The molecule has 1 rings (SSSR count). The quantitative estimate of drug-likeness (QED) is 0.652. The molecular weight excluding hydrogens is 290 g/mol. The number of unbranched alkanes of at least 4 members (excludes halogenated alkanes) is 2. The minimum atomic E-state index is -0.147. The van der Waals surface area contributed by atoms with Gasteiger partial charge < -0.3 is 15.5 Å². The Morgan fingerprint density at radius 1 is 1.00 bits per heavy atom. The van der Waals surface area contributed by atoms with E-state index in [1.807, 2.05) is 50.2 Å². The van der Waals surface area contributed by atoms with E-state index in [4.69, 9.17) is 0 Å². The van der Waals surface area contributed by atoms with Crippen molar-refractivity contribution < 1.29 is 9.59 Å². The van der Waals surface area contributed by atoms with E-state index < -0.39 is 0 Å². The van der Waals surface area contributed by atoms with E-state index in [0.717, 1.165) is 30.5 Å². The van der Waals surface area contributed by atoms with E-state index in [9.17, 15) is 9.59 Å². The second kappa shape index (κ2) is 10.6. The molecule has 0 radical (unpaired) electrons. The van der Waals surface area contributed by atoms with Crippen molar-refractivity contribution in [3.05, 3.63) is 29.8 Å². The number of ketones is 1. The number of nitrogens with zero attached hydrogens (tertiary/aromatic N) is 1. The Bertz CT molecular complexity index is 484. The first-order chi connectivity index (χ1) is 11.0. The molecule has 0 bridgehead atoms. The standard InChI is InChI=1S/C18H29N3O2/c1-4-17(22)8-6-5-7-13-19-18(23)20-14-15-9-11-16(12-10-15)21(2)3/h9-12H,4-8,13-14H2,1-3H3,(H2,19,20,23). The zero-order chi connectivity index (χ0) is 17.1. The molecule has 1 aromatic rings. The Morgan fingerprint density at radius 3 is 2.30 bits per heavy atom. The lowest BCUT2D eigenvalue weighted by atomic mass is 10.1. The van der Waals surface area contributed by atoms with Gasteiger partial charge >= 0.3 is 6.03 Å². The van der Waals surface area contributed by atoms with Crippen molar-refractivity contribution in [1.82, 2.24) is 10.6 Å². The van der Waals surface area contributed by atoms with Gasteiger partial charge in [0.2, 0.25) is 0 Å². The van der Waals surface area contributed by atoms with Gasteiger partial charge in [0.1, 0.15) is 5.78 Å². The predicted octanol–water partition coefficient (Wildman–Crippen LogP) is 3.09. The number of rotatable bonds is 10. The first kappa shape index (κ1) is 19.0. The number of nitrogens with one attached hydrogen (secondary N) is 2. The SMILES string of the molecule is CCC(=O)CCCCCNC(=O)NCc1ccc(N(C)C)cc1. The summed E-state index contributed by atoms with van der Waals surface area (Å²) in [7, 11) is 4.00. The molecule has 0 heterocycles. The van der Waals surface area contributed by atoms with Gasteiger partial charge in [-0.15, -0.1) is 0 Å². The Balaban J connectivity index is 2.11. The minimum absolute atomic E-state index is 0.147. The van der Waals surface area contributed by atoms with Crippen LogP contribution in [-0.2, 0) is 11.3 Å². The Labute approximate surface area is 139 Å². The summed E-state index contributed by atoms with van der Waals surface area (Å²) < 4.78 is 0. The van der Waals surface area contributed by atoms with Crippen molar-refractivity contribution >= 4 is 17.5 Å². The molecule has 0 saturated carbocycles. The molecule has 5 heteroatoms. The average Bonchev–Trinajstić information content (AvgIpc) is 2.56. The summed E-state index contributed by atoms with van der Waals surface area (Å²) in [6.07, 6.45) is 4.07. The van der Waals surface area contributed by atoms with Gasteiger partial charge in [-0.25, -0.2) is 4.79 Å². The van der Waals surface area contributed by atoms with E-state index in [1.165, 1.54) is 0 Å². The third-order valence-corrected chi connectivity index (χ3v) is 3.72. The largest absolute Gasteiger partial charge is 0.378 e. The van der Waals surface area contributed by atoms with Gasteiger partial charge in [-0.05, 0) is 30.5 Å². The highest BCUT2D eigenvalue weighted by molar-refractivity contribution is 5.77. The number of amides is 2. The number of urea groups is 1. The van der Waals surface area contributed by atoms with Crippen LogP contribution in [0.3, 0.4) is 0 Å².